The summed E-state index contributed by atoms with van der Waals surface area (Å²) in [5.74, 6) is 0.469. The van der Waals surface area contributed by atoms with Crippen LogP contribution in [0.3, 0.4) is 0 Å². The van der Waals surface area contributed by atoms with Gasteiger partial charge < -0.3 is 4.74 Å². The molecule has 0 aliphatic rings. The van der Waals surface area contributed by atoms with Gasteiger partial charge in [0.05, 0.1) is 21.7 Å². The van der Waals surface area contributed by atoms with Gasteiger partial charge >= 0.3 is 0 Å². The number of hydrogen-bond acceptors (Lipinski definition) is 5. The highest BCUT2D eigenvalue weighted by atomic mass is 79.9. The topological polar surface area (TPSA) is 77.5 Å². The van der Waals surface area contributed by atoms with E-state index < -0.39 is 18.9 Å². The van der Waals surface area contributed by atoms with Crippen LogP contribution in [-0.4, -0.2) is 35.5 Å². The number of hydrogen-bond donors (Lipinski definition) is 0. The van der Waals surface area contributed by atoms with Crippen molar-refractivity contribution < 1.29 is 21.6 Å². The van der Waals surface area contributed by atoms with Crippen molar-refractivity contribution in [3.8, 4) is 5.75 Å². The lowest BCUT2D eigenvalue weighted by Crippen LogP contribution is -2.08. The maximum atomic E-state index is 11.1. The molecule has 0 spiro atoms. The van der Waals surface area contributed by atoms with Crippen molar-refractivity contribution in [1.82, 2.24) is 0 Å². The lowest BCUT2D eigenvalue weighted by molar-refractivity contribution is 0.315. The van der Waals surface area contributed by atoms with Crippen LogP contribution in [0.1, 0.15) is 6.42 Å². The van der Waals surface area contributed by atoms with E-state index in [2.05, 4.69) is 15.9 Å². The van der Waals surface area contributed by atoms with E-state index in [-0.39, 0.29) is 17.3 Å². The molecule has 0 N–H and O–H groups in total. The van der Waals surface area contributed by atoms with Gasteiger partial charge in [-0.3, -0.25) is 0 Å². The zero-order chi connectivity index (χ0) is 14.7. The van der Waals surface area contributed by atoms with Crippen molar-refractivity contribution >= 4 is 45.5 Å². The predicted octanol–water partition coefficient (Wildman–Crippen LogP) is 2.19. The fourth-order valence-corrected chi connectivity index (χ4v) is 3.32. The van der Waals surface area contributed by atoms with Gasteiger partial charge in [-0.15, -0.1) is 0 Å². The molecule has 0 aromatic heterocycles. The van der Waals surface area contributed by atoms with Crippen molar-refractivity contribution in [3.05, 3.63) is 22.7 Å². The fourth-order valence-electron chi connectivity index (χ4n) is 1.25. The molecule has 108 valence electrons. The van der Waals surface area contributed by atoms with Crippen molar-refractivity contribution in [2.75, 3.05) is 18.6 Å². The van der Waals surface area contributed by atoms with Crippen LogP contribution in [0.2, 0.25) is 0 Å². The molecular weight excluding hydrogens is 380 g/mol. The Morgan fingerprint density at radius 1 is 1.26 bits per heavy atom. The molecule has 0 aliphatic heterocycles. The van der Waals surface area contributed by atoms with E-state index >= 15 is 0 Å². The molecule has 1 rings (SSSR count). The Bertz CT molecular complexity index is 654. The monoisotopic (exact) mass is 390 g/mol. The van der Waals surface area contributed by atoms with E-state index in [0.29, 0.717) is 16.6 Å². The van der Waals surface area contributed by atoms with Gasteiger partial charge in [0, 0.05) is 16.9 Å². The molecule has 0 amide bonds. The van der Waals surface area contributed by atoms with Gasteiger partial charge in [-0.25, -0.2) is 16.8 Å². The predicted molar refractivity (Wildman–Crippen MR) is 77.0 cm³/mol. The third kappa shape index (κ3) is 6.11. The van der Waals surface area contributed by atoms with Gasteiger partial charge in [0.25, 0.3) is 9.05 Å². The second kappa shape index (κ2) is 6.43. The molecular formula is C10H12BrClO5S2. The summed E-state index contributed by atoms with van der Waals surface area (Å²) in [6.45, 7) is 0.221. The summed E-state index contributed by atoms with van der Waals surface area (Å²) in [7, 11) is -1.58. The summed E-state index contributed by atoms with van der Waals surface area (Å²) >= 11 is 3.16. The van der Waals surface area contributed by atoms with Gasteiger partial charge in [-0.1, -0.05) is 0 Å². The van der Waals surface area contributed by atoms with Crippen LogP contribution in [0, 0.1) is 0 Å². The van der Waals surface area contributed by atoms with Gasteiger partial charge in [-0.2, -0.15) is 0 Å². The first-order chi connectivity index (χ1) is 8.59. The highest BCUT2D eigenvalue weighted by molar-refractivity contribution is 9.10. The minimum absolute atomic E-state index is 0.0375. The zero-order valence-corrected chi connectivity index (χ0v) is 13.9. The van der Waals surface area contributed by atoms with Crippen LogP contribution in [0.5, 0.6) is 5.75 Å². The maximum Gasteiger partial charge on any atom is 0.261 e. The van der Waals surface area contributed by atoms with Crippen LogP contribution in [0.15, 0.2) is 27.6 Å². The van der Waals surface area contributed by atoms with E-state index in [1.165, 1.54) is 18.2 Å². The average molecular weight is 392 g/mol. The summed E-state index contributed by atoms with van der Waals surface area (Å²) in [6, 6.07) is 4.10. The molecule has 0 aliphatic carbocycles. The van der Waals surface area contributed by atoms with Crippen LogP contribution in [0.25, 0.3) is 0 Å². The Kier molecular flexibility index (Phi) is 5.66. The summed E-state index contributed by atoms with van der Waals surface area (Å²) in [5.41, 5.74) is 0. The fraction of sp³-hybridized carbons (Fsp3) is 0.400. The van der Waals surface area contributed by atoms with Crippen LogP contribution >= 0.6 is 26.6 Å². The Morgan fingerprint density at radius 3 is 2.37 bits per heavy atom. The van der Waals surface area contributed by atoms with E-state index in [1.54, 1.807) is 0 Å². The van der Waals surface area contributed by atoms with E-state index in [9.17, 15) is 16.8 Å². The number of sulfone groups is 1. The van der Waals surface area contributed by atoms with Gasteiger partial charge in [0.15, 0.2) is 0 Å². The summed E-state index contributed by atoms with van der Waals surface area (Å²) in [4.78, 5) is -0.0375. The number of rotatable bonds is 6. The molecule has 0 bridgehead atoms. The maximum absolute atomic E-state index is 11.1. The molecule has 19 heavy (non-hydrogen) atoms. The lowest BCUT2D eigenvalue weighted by Gasteiger charge is -2.08. The first-order valence-electron chi connectivity index (χ1n) is 5.14. The first kappa shape index (κ1) is 16.7. The molecule has 0 atom stereocenters. The number of halogens is 2. The Balaban J connectivity index is 2.66. The summed E-state index contributed by atoms with van der Waals surface area (Å²) in [5, 5.41) is 0. The number of benzene rings is 1. The Labute approximate surface area is 125 Å². The van der Waals surface area contributed by atoms with Crippen molar-refractivity contribution in [2.45, 2.75) is 11.3 Å². The Morgan fingerprint density at radius 2 is 1.89 bits per heavy atom. The van der Waals surface area contributed by atoms with Gasteiger partial charge in [-0.05, 0) is 40.5 Å². The molecule has 0 saturated carbocycles. The standard InChI is InChI=1S/C10H12BrClO5S2/c1-18(13,14)6-2-5-17-10-4-3-8(7-9(10)11)19(12,15)16/h3-4,7H,2,5-6H2,1H3. The SMILES string of the molecule is CS(=O)(=O)CCCOc1ccc(S(=O)(=O)Cl)cc1Br. The summed E-state index contributed by atoms with van der Waals surface area (Å²) in [6.07, 6.45) is 1.52. The van der Waals surface area contributed by atoms with Crippen LogP contribution in [0.4, 0.5) is 0 Å². The van der Waals surface area contributed by atoms with Crippen molar-refractivity contribution in [1.29, 1.82) is 0 Å². The Hall–Kier alpha value is -0.310. The molecule has 0 fully saturated rings. The van der Waals surface area contributed by atoms with E-state index in [1.807, 2.05) is 0 Å². The largest absolute Gasteiger partial charge is 0.492 e. The molecule has 9 heteroatoms. The first-order valence-corrected chi connectivity index (χ1v) is 10.3. The zero-order valence-electron chi connectivity index (χ0n) is 9.97. The van der Waals surface area contributed by atoms with Crippen LogP contribution < -0.4 is 4.74 Å². The van der Waals surface area contributed by atoms with E-state index in [0.717, 1.165) is 6.26 Å². The van der Waals surface area contributed by atoms with Gasteiger partial charge in [0.2, 0.25) is 0 Å². The molecule has 0 saturated heterocycles. The molecule has 0 radical (unpaired) electrons. The normalized spacial score (nSPS) is 12.4. The van der Waals surface area contributed by atoms with Crippen LogP contribution in [-0.2, 0) is 18.9 Å². The highest BCUT2D eigenvalue weighted by Crippen LogP contribution is 2.29. The molecule has 1 aromatic rings. The van der Waals surface area contributed by atoms with Crippen molar-refractivity contribution in [2.24, 2.45) is 0 Å². The minimum Gasteiger partial charge on any atom is -0.492 e. The molecule has 0 heterocycles. The number of ether oxygens (including phenoxy) is 1. The highest BCUT2D eigenvalue weighted by Gasteiger charge is 2.12. The second-order valence-electron chi connectivity index (χ2n) is 3.86. The quantitative estimate of drug-likeness (QED) is 0.549. The van der Waals surface area contributed by atoms with Gasteiger partial charge in [0.1, 0.15) is 15.6 Å². The molecule has 5 nitrogen and oxygen atoms in total. The average Bonchev–Trinajstić information content (AvgIpc) is 2.23. The third-order valence-corrected chi connectivity index (χ3v) is 5.10. The van der Waals surface area contributed by atoms with E-state index in [4.69, 9.17) is 15.4 Å². The third-order valence-electron chi connectivity index (χ3n) is 2.10. The summed E-state index contributed by atoms with van der Waals surface area (Å²) < 4.78 is 49.8. The lowest BCUT2D eigenvalue weighted by atomic mass is 10.3. The van der Waals surface area contributed by atoms with Crippen molar-refractivity contribution in [3.63, 3.8) is 0 Å². The molecule has 1 aromatic carbocycles. The second-order valence-corrected chi connectivity index (χ2v) is 9.54. The smallest absolute Gasteiger partial charge is 0.261 e. The molecule has 0 unspecified atom stereocenters. The minimum atomic E-state index is -3.78.